The van der Waals surface area contributed by atoms with Crippen LogP contribution in [0.15, 0.2) is 40.5 Å². The van der Waals surface area contributed by atoms with Crippen LogP contribution in [-0.4, -0.2) is 46.1 Å². The van der Waals surface area contributed by atoms with E-state index in [1.54, 1.807) is 31.4 Å². The van der Waals surface area contributed by atoms with Gasteiger partial charge in [-0.3, -0.25) is 19.9 Å². The molecule has 1 atom stereocenters. The number of hydrazone groups is 1. The monoisotopic (exact) mass is 347 g/mol. The van der Waals surface area contributed by atoms with E-state index >= 15 is 0 Å². The molecule has 0 radical (unpaired) electrons. The van der Waals surface area contributed by atoms with Gasteiger partial charge in [0.1, 0.15) is 10.7 Å². The normalized spacial score (nSPS) is 21.9. The molecule has 1 aromatic carbocycles. The molecule has 2 heterocycles. The van der Waals surface area contributed by atoms with E-state index in [0.29, 0.717) is 11.5 Å². The van der Waals surface area contributed by atoms with E-state index in [1.807, 2.05) is 0 Å². The Labute approximate surface area is 141 Å². The molecular weight excluding hydrogens is 334 g/mol. The number of benzene rings is 1. The standard InChI is InChI=1S/C15H13N3O5S/c1-23-9-4-2-8(3-5-9)10-6-11(14(20)21)18(17-10)7-12-13(19)16-15(22)24-12/h2-5,7,11H,6H2,1H3,(H,20,21)(H,16,19,22)/b12-7-/t11-/m0/s1. The van der Waals surface area contributed by atoms with Crippen LogP contribution in [0.25, 0.3) is 0 Å². The predicted molar refractivity (Wildman–Crippen MR) is 86.6 cm³/mol. The molecule has 0 aliphatic carbocycles. The summed E-state index contributed by atoms with van der Waals surface area (Å²) in [6.07, 6.45) is 1.48. The molecule has 2 amide bonds. The number of carbonyl (C=O) groups is 3. The molecule has 24 heavy (non-hydrogen) atoms. The molecule has 3 rings (SSSR count). The van der Waals surface area contributed by atoms with Crippen LogP contribution in [0, 0.1) is 0 Å². The van der Waals surface area contributed by atoms with Crippen molar-refractivity contribution in [3.8, 4) is 5.75 Å². The van der Waals surface area contributed by atoms with E-state index in [2.05, 4.69) is 10.4 Å². The van der Waals surface area contributed by atoms with Crippen LogP contribution >= 0.6 is 11.8 Å². The maximum Gasteiger partial charge on any atom is 0.328 e. The smallest absolute Gasteiger partial charge is 0.328 e. The minimum Gasteiger partial charge on any atom is -0.497 e. The molecule has 9 heteroatoms. The molecule has 1 aromatic rings. The quantitative estimate of drug-likeness (QED) is 0.792. The first-order valence-electron chi connectivity index (χ1n) is 6.96. The van der Waals surface area contributed by atoms with Gasteiger partial charge in [0.25, 0.3) is 11.1 Å². The molecule has 1 fully saturated rings. The van der Waals surface area contributed by atoms with Crippen molar-refractivity contribution in [3.05, 3.63) is 40.9 Å². The summed E-state index contributed by atoms with van der Waals surface area (Å²) >= 11 is 0.717. The van der Waals surface area contributed by atoms with Gasteiger partial charge < -0.3 is 9.84 Å². The average molecular weight is 347 g/mol. The zero-order chi connectivity index (χ0) is 17.3. The number of imide groups is 1. The molecular formula is C15H13N3O5S. The van der Waals surface area contributed by atoms with Gasteiger partial charge in [0.2, 0.25) is 0 Å². The third-order valence-corrected chi connectivity index (χ3v) is 4.34. The van der Waals surface area contributed by atoms with Crippen LogP contribution in [0.2, 0.25) is 0 Å². The number of carbonyl (C=O) groups excluding carboxylic acids is 2. The van der Waals surface area contributed by atoms with Crippen molar-refractivity contribution in [3.63, 3.8) is 0 Å². The first-order chi connectivity index (χ1) is 11.5. The minimum absolute atomic E-state index is 0.117. The van der Waals surface area contributed by atoms with Crippen molar-refractivity contribution in [2.24, 2.45) is 5.10 Å². The summed E-state index contributed by atoms with van der Waals surface area (Å²) < 4.78 is 5.09. The summed E-state index contributed by atoms with van der Waals surface area (Å²) in [5.74, 6) is -0.931. The number of hydrogen-bond donors (Lipinski definition) is 2. The third-order valence-electron chi connectivity index (χ3n) is 3.54. The number of methoxy groups -OCH3 is 1. The average Bonchev–Trinajstić information content (AvgIpc) is 3.11. The highest BCUT2D eigenvalue weighted by Crippen LogP contribution is 2.28. The number of carboxylic acid groups (broad SMARTS) is 1. The van der Waals surface area contributed by atoms with Crippen LogP contribution in [0.3, 0.4) is 0 Å². The molecule has 2 N–H and O–H groups in total. The zero-order valence-corrected chi connectivity index (χ0v) is 13.4. The first kappa shape index (κ1) is 16.1. The Kier molecular flexibility index (Phi) is 4.26. The minimum atomic E-state index is -1.06. The van der Waals surface area contributed by atoms with Crippen LogP contribution in [0.4, 0.5) is 4.79 Å². The van der Waals surface area contributed by atoms with Gasteiger partial charge in [0.05, 0.1) is 12.8 Å². The maximum absolute atomic E-state index is 11.6. The van der Waals surface area contributed by atoms with E-state index in [0.717, 1.165) is 17.3 Å². The van der Waals surface area contributed by atoms with E-state index in [1.165, 1.54) is 11.2 Å². The van der Waals surface area contributed by atoms with Crippen LogP contribution in [0.1, 0.15) is 12.0 Å². The highest BCUT2D eigenvalue weighted by molar-refractivity contribution is 8.18. The van der Waals surface area contributed by atoms with Crippen LogP contribution in [0.5, 0.6) is 5.75 Å². The van der Waals surface area contributed by atoms with Gasteiger partial charge in [0.15, 0.2) is 6.04 Å². The van der Waals surface area contributed by atoms with Crippen molar-refractivity contribution in [1.82, 2.24) is 10.3 Å². The Morgan fingerprint density at radius 3 is 2.67 bits per heavy atom. The second-order valence-electron chi connectivity index (χ2n) is 5.05. The lowest BCUT2D eigenvalue weighted by Crippen LogP contribution is -2.31. The summed E-state index contributed by atoms with van der Waals surface area (Å²) in [6.45, 7) is 0. The highest BCUT2D eigenvalue weighted by atomic mass is 32.2. The summed E-state index contributed by atoms with van der Waals surface area (Å²) in [5, 5.41) is 16.5. The molecule has 0 saturated carbocycles. The van der Waals surface area contributed by atoms with Crippen molar-refractivity contribution in [2.45, 2.75) is 12.5 Å². The number of rotatable bonds is 4. The van der Waals surface area contributed by atoms with Gasteiger partial charge in [-0.25, -0.2) is 4.79 Å². The fraction of sp³-hybridized carbons (Fsp3) is 0.200. The predicted octanol–water partition coefficient (Wildman–Crippen LogP) is 1.38. The summed E-state index contributed by atoms with van der Waals surface area (Å²) in [4.78, 5) is 34.4. The Morgan fingerprint density at radius 2 is 2.12 bits per heavy atom. The van der Waals surface area contributed by atoms with Crippen LogP contribution < -0.4 is 10.1 Å². The first-order valence-corrected chi connectivity index (χ1v) is 7.77. The van der Waals surface area contributed by atoms with E-state index in [-0.39, 0.29) is 11.3 Å². The molecule has 8 nitrogen and oxygen atoms in total. The van der Waals surface area contributed by atoms with E-state index < -0.39 is 23.2 Å². The van der Waals surface area contributed by atoms with Gasteiger partial charge in [-0.2, -0.15) is 5.10 Å². The number of aliphatic carboxylic acids is 1. The number of hydrogen-bond acceptors (Lipinski definition) is 7. The Balaban J connectivity index is 1.89. The molecule has 2 aliphatic heterocycles. The molecule has 124 valence electrons. The Bertz CT molecular complexity index is 772. The number of thioether (sulfide) groups is 1. The third kappa shape index (κ3) is 3.11. The van der Waals surface area contributed by atoms with Crippen LogP contribution in [-0.2, 0) is 9.59 Å². The maximum atomic E-state index is 11.6. The van der Waals surface area contributed by atoms with Crippen molar-refractivity contribution < 1.29 is 24.2 Å². The van der Waals surface area contributed by atoms with Crippen molar-refractivity contribution in [1.29, 1.82) is 0 Å². The van der Waals surface area contributed by atoms with Crippen molar-refractivity contribution in [2.75, 3.05) is 7.11 Å². The SMILES string of the molecule is COc1ccc(C2=NN(/C=C3\SC(=O)NC3=O)[C@H](C(=O)O)C2)cc1. The fourth-order valence-electron chi connectivity index (χ4n) is 2.34. The lowest BCUT2D eigenvalue weighted by molar-refractivity contribution is -0.141. The highest BCUT2D eigenvalue weighted by Gasteiger charge is 2.34. The molecule has 0 spiro atoms. The molecule has 0 unspecified atom stereocenters. The molecule has 1 saturated heterocycles. The second kappa shape index (κ2) is 6.36. The molecule has 2 aliphatic rings. The van der Waals surface area contributed by atoms with Gasteiger partial charge in [0, 0.05) is 12.6 Å². The second-order valence-corrected chi connectivity index (χ2v) is 6.07. The summed E-state index contributed by atoms with van der Waals surface area (Å²) in [5.41, 5.74) is 1.35. The number of nitrogens with zero attached hydrogens (tertiary/aromatic N) is 2. The number of nitrogens with one attached hydrogen (secondary N) is 1. The van der Waals surface area contributed by atoms with Gasteiger partial charge in [-0.15, -0.1) is 0 Å². The summed E-state index contributed by atoms with van der Waals surface area (Å²) in [7, 11) is 1.56. The zero-order valence-electron chi connectivity index (χ0n) is 12.6. The lowest BCUT2D eigenvalue weighted by Gasteiger charge is -2.15. The van der Waals surface area contributed by atoms with Gasteiger partial charge in [-0.1, -0.05) is 0 Å². The summed E-state index contributed by atoms with van der Waals surface area (Å²) in [6, 6.07) is 6.15. The molecule has 0 aromatic heterocycles. The Hall–Kier alpha value is -2.81. The number of amides is 2. The Morgan fingerprint density at radius 1 is 1.42 bits per heavy atom. The van der Waals surface area contributed by atoms with E-state index in [9.17, 15) is 19.5 Å². The lowest BCUT2D eigenvalue weighted by atomic mass is 10.0. The number of carboxylic acids is 1. The van der Waals surface area contributed by atoms with Gasteiger partial charge >= 0.3 is 5.97 Å². The molecule has 0 bridgehead atoms. The van der Waals surface area contributed by atoms with E-state index in [4.69, 9.17) is 4.74 Å². The van der Waals surface area contributed by atoms with Crippen molar-refractivity contribution >= 4 is 34.6 Å². The largest absolute Gasteiger partial charge is 0.497 e. The fourth-order valence-corrected chi connectivity index (χ4v) is 2.98. The topological polar surface area (TPSA) is 108 Å². The number of ether oxygens (including phenoxy) is 1. The van der Waals surface area contributed by atoms with Gasteiger partial charge in [-0.05, 0) is 41.6 Å².